The highest BCUT2D eigenvalue weighted by Gasteiger charge is 2.03. The number of carbonyl (C=O) groups is 2. The summed E-state index contributed by atoms with van der Waals surface area (Å²) >= 11 is 0. The highest BCUT2D eigenvalue weighted by Crippen LogP contribution is 2.00. The quantitative estimate of drug-likeness (QED) is 0.486. The molecule has 16 heavy (non-hydrogen) atoms. The first-order valence-corrected chi connectivity index (χ1v) is 5.01. The van der Waals surface area contributed by atoms with Crippen LogP contribution < -0.4 is 0 Å². The number of hydrogen-bond acceptors (Lipinski definition) is 4. The molecule has 0 bridgehead atoms. The third-order valence-corrected chi connectivity index (χ3v) is 1.92. The Bertz CT molecular complexity index is 321. The van der Waals surface area contributed by atoms with E-state index >= 15 is 0 Å². The van der Waals surface area contributed by atoms with Gasteiger partial charge in [0.2, 0.25) is 0 Å². The third kappa shape index (κ3) is 5.26. The van der Waals surface area contributed by atoms with E-state index in [0.717, 1.165) is 5.56 Å². The molecule has 0 atom stereocenters. The fourth-order valence-corrected chi connectivity index (χ4v) is 1.22. The van der Waals surface area contributed by atoms with Gasteiger partial charge in [0.05, 0.1) is 6.61 Å². The van der Waals surface area contributed by atoms with E-state index in [1.165, 1.54) is 0 Å². The van der Waals surface area contributed by atoms with Crippen LogP contribution in [0.15, 0.2) is 30.3 Å². The molecule has 0 amide bonds. The van der Waals surface area contributed by atoms with Crippen molar-refractivity contribution in [3.8, 4) is 0 Å². The lowest BCUT2D eigenvalue weighted by atomic mass is 10.1. The fourth-order valence-electron chi connectivity index (χ4n) is 1.22. The smallest absolute Gasteiger partial charge is 0.293 e. The van der Waals surface area contributed by atoms with E-state index in [-0.39, 0.29) is 25.6 Å². The zero-order chi connectivity index (χ0) is 11.6. The van der Waals surface area contributed by atoms with Crippen LogP contribution in [-0.2, 0) is 25.5 Å². The van der Waals surface area contributed by atoms with Crippen LogP contribution in [0.4, 0.5) is 0 Å². The molecule has 1 aromatic carbocycles. The van der Waals surface area contributed by atoms with Crippen molar-refractivity contribution in [3.63, 3.8) is 0 Å². The first-order valence-electron chi connectivity index (χ1n) is 5.01. The average molecular weight is 222 g/mol. The summed E-state index contributed by atoms with van der Waals surface area (Å²) in [7, 11) is 0. The van der Waals surface area contributed by atoms with Gasteiger partial charge < -0.3 is 9.47 Å². The van der Waals surface area contributed by atoms with E-state index in [0.29, 0.717) is 12.9 Å². The van der Waals surface area contributed by atoms with Crippen LogP contribution in [-0.4, -0.2) is 32.1 Å². The second-order valence-electron chi connectivity index (χ2n) is 3.22. The molecule has 0 aliphatic heterocycles. The van der Waals surface area contributed by atoms with Crippen molar-refractivity contribution in [2.24, 2.45) is 0 Å². The predicted octanol–water partition coefficient (Wildman–Crippen LogP) is 0.988. The molecule has 0 unspecified atom stereocenters. The molecule has 0 saturated carbocycles. The summed E-state index contributed by atoms with van der Waals surface area (Å²) in [6.07, 6.45) is 0.370. The summed E-state index contributed by atoms with van der Waals surface area (Å²) in [6.45, 7) is 0.841. The lowest BCUT2D eigenvalue weighted by Crippen LogP contribution is -2.14. The molecular formula is C12H14O4. The molecule has 0 radical (unpaired) electrons. The summed E-state index contributed by atoms with van der Waals surface area (Å²) in [5.74, 6) is 0.0114. The maximum absolute atomic E-state index is 11.4. The molecule has 0 spiro atoms. The minimum Gasteiger partial charge on any atom is -0.465 e. The normalized spacial score (nSPS) is 9.75. The molecule has 1 rings (SSSR count). The Kier molecular flexibility index (Phi) is 5.88. The Labute approximate surface area is 94.2 Å². The van der Waals surface area contributed by atoms with Crippen LogP contribution in [0.5, 0.6) is 0 Å². The Morgan fingerprint density at radius 3 is 2.62 bits per heavy atom. The molecule has 0 aliphatic carbocycles. The second-order valence-corrected chi connectivity index (χ2v) is 3.22. The lowest BCUT2D eigenvalue weighted by Gasteiger charge is -2.03. The van der Waals surface area contributed by atoms with Gasteiger partial charge >= 0.3 is 0 Å². The van der Waals surface area contributed by atoms with E-state index in [9.17, 15) is 9.59 Å². The van der Waals surface area contributed by atoms with Crippen molar-refractivity contribution >= 4 is 12.3 Å². The topological polar surface area (TPSA) is 52.6 Å². The van der Waals surface area contributed by atoms with Gasteiger partial charge in [-0.15, -0.1) is 0 Å². The summed E-state index contributed by atoms with van der Waals surface area (Å²) in [5, 5.41) is 0. The summed E-state index contributed by atoms with van der Waals surface area (Å²) < 4.78 is 9.45. The van der Waals surface area contributed by atoms with Gasteiger partial charge in [-0.1, -0.05) is 30.3 Å². The number of Topliss-reactive ketones (excluding diaryl/α,β-unsaturated/α-hetero) is 1. The molecule has 0 saturated heterocycles. The van der Waals surface area contributed by atoms with Crippen molar-refractivity contribution in [2.75, 3.05) is 19.8 Å². The highest BCUT2D eigenvalue weighted by molar-refractivity contribution is 5.81. The maximum Gasteiger partial charge on any atom is 0.293 e. The average Bonchev–Trinajstić information content (AvgIpc) is 2.30. The lowest BCUT2D eigenvalue weighted by molar-refractivity contribution is -0.131. The van der Waals surface area contributed by atoms with Crippen LogP contribution in [0.1, 0.15) is 5.56 Å². The molecule has 0 N–H and O–H groups in total. The molecular weight excluding hydrogens is 208 g/mol. The van der Waals surface area contributed by atoms with E-state index in [2.05, 4.69) is 4.74 Å². The molecule has 4 heteroatoms. The Morgan fingerprint density at radius 1 is 1.19 bits per heavy atom. The first-order chi connectivity index (χ1) is 7.83. The second kappa shape index (κ2) is 7.59. The number of ketones is 1. The largest absolute Gasteiger partial charge is 0.465 e. The molecule has 4 nitrogen and oxygen atoms in total. The van der Waals surface area contributed by atoms with Crippen molar-refractivity contribution < 1.29 is 19.1 Å². The van der Waals surface area contributed by atoms with Gasteiger partial charge in [0.15, 0.2) is 5.78 Å². The van der Waals surface area contributed by atoms with Crippen LogP contribution >= 0.6 is 0 Å². The SMILES string of the molecule is O=COCCOCC(=O)Cc1ccccc1. The molecule has 0 fully saturated rings. The molecule has 0 aliphatic rings. The number of carbonyl (C=O) groups excluding carboxylic acids is 2. The van der Waals surface area contributed by atoms with E-state index in [4.69, 9.17) is 4.74 Å². The molecule has 86 valence electrons. The zero-order valence-electron chi connectivity index (χ0n) is 8.93. The number of ether oxygens (including phenoxy) is 2. The summed E-state index contributed by atoms with van der Waals surface area (Å²) in [4.78, 5) is 21.2. The monoisotopic (exact) mass is 222 g/mol. The summed E-state index contributed by atoms with van der Waals surface area (Å²) in [6, 6.07) is 9.48. The van der Waals surface area contributed by atoms with Crippen molar-refractivity contribution in [1.82, 2.24) is 0 Å². The number of benzene rings is 1. The third-order valence-electron chi connectivity index (χ3n) is 1.92. The van der Waals surface area contributed by atoms with Gasteiger partial charge in [-0.3, -0.25) is 9.59 Å². The Balaban J connectivity index is 2.14. The van der Waals surface area contributed by atoms with E-state index in [1.54, 1.807) is 0 Å². The Hall–Kier alpha value is -1.68. The van der Waals surface area contributed by atoms with Crippen LogP contribution in [0.3, 0.4) is 0 Å². The summed E-state index contributed by atoms with van der Waals surface area (Å²) in [5.41, 5.74) is 0.972. The van der Waals surface area contributed by atoms with Gasteiger partial charge in [0.25, 0.3) is 6.47 Å². The van der Waals surface area contributed by atoms with Crippen molar-refractivity contribution in [1.29, 1.82) is 0 Å². The Morgan fingerprint density at radius 2 is 1.94 bits per heavy atom. The van der Waals surface area contributed by atoms with Gasteiger partial charge in [-0.2, -0.15) is 0 Å². The van der Waals surface area contributed by atoms with Crippen LogP contribution in [0.25, 0.3) is 0 Å². The standard InChI is InChI=1S/C12H14O4/c13-10-16-7-6-15-9-12(14)8-11-4-2-1-3-5-11/h1-5,10H,6-9H2. The zero-order valence-corrected chi connectivity index (χ0v) is 8.93. The van der Waals surface area contributed by atoms with Gasteiger partial charge in [0.1, 0.15) is 13.2 Å². The van der Waals surface area contributed by atoms with Gasteiger partial charge in [0, 0.05) is 6.42 Å². The van der Waals surface area contributed by atoms with Crippen molar-refractivity contribution in [2.45, 2.75) is 6.42 Å². The first kappa shape index (κ1) is 12.4. The van der Waals surface area contributed by atoms with Crippen LogP contribution in [0.2, 0.25) is 0 Å². The van der Waals surface area contributed by atoms with Crippen LogP contribution in [0, 0.1) is 0 Å². The van der Waals surface area contributed by atoms with E-state index in [1.807, 2.05) is 30.3 Å². The number of rotatable bonds is 8. The van der Waals surface area contributed by atoms with Crippen molar-refractivity contribution in [3.05, 3.63) is 35.9 Å². The number of hydrogen-bond donors (Lipinski definition) is 0. The minimum absolute atomic E-state index is 0.0114. The van der Waals surface area contributed by atoms with Gasteiger partial charge in [-0.25, -0.2) is 0 Å². The predicted molar refractivity (Wildman–Crippen MR) is 58.0 cm³/mol. The fraction of sp³-hybridized carbons (Fsp3) is 0.333. The molecule has 0 heterocycles. The molecule has 0 aromatic heterocycles. The van der Waals surface area contributed by atoms with Gasteiger partial charge in [-0.05, 0) is 5.56 Å². The highest BCUT2D eigenvalue weighted by atomic mass is 16.5. The maximum atomic E-state index is 11.4. The van der Waals surface area contributed by atoms with E-state index < -0.39 is 0 Å². The minimum atomic E-state index is 0.0114. The molecule has 1 aromatic rings.